The molecule has 2 aromatic carbocycles. The quantitative estimate of drug-likeness (QED) is 0.509. The van der Waals surface area contributed by atoms with E-state index in [-0.39, 0.29) is 22.8 Å². The number of hydrogen-bond donors (Lipinski definition) is 2. The summed E-state index contributed by atoms with van der Waals surface area (Å²) in [6.45, 7) is 1.50. The number of benzene rings is 2. The van der Waals surface area contributed by atoms with Crippen molar-refractivity contribution in [1.82, 2.24) is 5.32 Å². The van der Waals surface area contributed by atoms with Crippen molar-refractivity contribution in [3.63, 3.8) is 0 Å². The van der Waals surface area contributed by atoms with E-state index in [9.17, 15) is 9.90 Å². The molecule has 0 unspecified atom stereocenters. The molecule has 2 aromatic rings. The van der Waals surface area contributed by atoms with Gasteiger partial charge in [0.05, 0.1) is 19.8 Å². The predicted molar refractivity (Wildman–Crippen MR) is 114 cm³/mol. The Bertz CT molecular complexity index is 950. The fourth-order valence-corrected chi connectivity index (χ4v) is 3.62. The molecule has 0 aliphatic carbocycles. The molecule has 6 heteroatoms. The first-order chi connectivity index (χ1) is 13.5. The molecule has 5 nitrogen and oxygen atoms in total. The summed E-state index contributed by atoms with van der Waals surface area (Å²) in [5, 5.41) is 14.2. The molecular formula is C22H22BrNO4. The van der Waals surface area contributed by atoms with Crippen molar-refractivity contribution in [2.45, 2.75) is 6.42 Å². The van der Waals surface area contributed by atoms with E-state index in [4.69, 9.17) is 9.47 Å². The minimum Gasteiger partial charge on any atom is -0.506 e. The standard InChI is InChI=1S/C22H22BrNO4/c1-27-18-13-19(28-2)21(22(26)20(18)15-8-10-24-11-9-15)17(25)7-6-14-4-3-5-16(23)12-14/h3-8,12-13,24,26H,9-11H2,1-2H3/b7-6+. The molecule has 3 rings (SSSR count). The molecule has 0 saturated heterocycles. The number of carbonyl (C=O) groups is 1. The maximum absolute atomic E-state index is 12.9. The highest BCUT2D eigenvalue weighted by Crippen LogP contribution is 2.43. The van der Waals surface area contributed by atoms with Crippen LogP contribution in [0.2, 0.25) is 0 Å². The second-order valence-electron chi connectivity index (χ2n) is 6.32. The van der Waals surface area contributed by atoms with Gasteiger partial charge < -0.3 is 19.9 Å². The zero-order chi connectivity index (χ0) is 20.1. The minimum atomic E-state index is -0.340. The van der Waals surface area contributed by atoms with Gasteiger partial charge in [-0.3, -0.25) is 4.79 Å². The number of allylic oxidation sites excluding steroid dienone is 1. The Morgan fingerprint density at radius 3 is 2.64 bits per heavy atom. The van der Waals surface area contributed by atoms with Gasteiger partial charge >= 0.3 is 0 Å². The number of ketones is 1. The Kier molecular flexibility index (Phi) is 6.54. The number of carbonyl (C=O) groups excluding carboxylic acids is 1. The second-order valence-corrected chi connectivity index (χ2v) is 7.23. The van der Waals surface area contributed by atoms with Crippen LogP contribution >= 0.6 is 15.9 Å². The molecule has 0 bridgehead atoms. The molecule has 28 heavy (non-hydrogen) atoms. The lowest BCUT2D eigenvalue weighted by molar-refractivity contribution is 0.104. The predicted octanol–water partition coefficient (Wildman–Crippen LogP) is 4.44. The van der Waals surface area contributed by atoms with E-state index >= 15 is 0 Å². The van der Waals surface area contributed by atoms with E-state index in [1.165, 1.54) is 20.3 Å². The highest BCUT2D eigenvalue weighted by Gasteiger charge is 2.25. The number of nitrogens with one attached hydrogen (secondary N) is 1. The Balaban J connectivity index is 2.06. The smallest absolute Gasteiger partial charge is 0.193 e. The molecule has 146 valence electrons. The molecule has 0 saturated carbocycles. The molecule has 0 radical (unpaired) electrons. The first kappa shape index (κ1) is 20.2. The van der Waals surface area contributed by atoms with Gasteiger partial charge in [-0.15, -0.1) is 0 Å². The van der Waals surface area contributed by atoms with E-state index in [1.807, 2.05) is 30.3 Å². The summed E-state index contributed by atoms with van der Waals surface area (Å²) in [6.07, 6.45) is 5.88. The van der Waals surface area contributed by atoms with Crippen LogP contribution < -0.4 is 14.8 Å². The first-order valence-electron chi connectivity index (χ1n) is 8.91. The van der Waals surface area contributed by atoms with Gasteiger partial charge in [-0.1, -0.05) is 40.2 Å². The molecule has 1 aliphatic heterocycles. The molecule has 2 N–H and O–H groups in total. The van der Waals surface area contributed by atoms with Gasteiger partial charge in [0.1, 0.15) is 22.8 Å². The number of methoxy groups -OCH3 is 2. The second kappa shape index (κ2) is 9.08. The fraction of sp³-hybridized carbons (Fsp3) is 0.227. The van der Waals surface area contributed by atoms with Crippen LogP contribution in [0.4, 0.5) is 0 Å². The van der Waals surface area contributed by atoms with E-state index in [0.29, 0.717) is 17.9 Å². The number of ether oxygens (including phenoxy) is 2. The largest absolute Gasteiger partial charge is 0.506 e. The average molecular weight is 444 g/mol. The third-order valence-electron chi connectivity index (χ3n) is 4.58. The van der Waals surface area contributed by atoms with Gasteiger partial charge in [0.2, 0.25) is 0 Å². The van der Waals surface area contributed by atoms with Crippen LogP contribution in [0.5, 0.6) is 17.2 Å². The van der Waals surface area contributed by atoms with Gasteiger partial charge in [0.25, 0.3) is 0 Å². The SMILES string of the molecule is COc1cc(OC)c(C2=CCNCC2)c(O)c1C(=O)/C=C/c1cccc(Br)c1. The van der Waals surface area contributed by atoms with E-state index in [2.05, 4.69) is 21.2 Å². The van der Waals surface area contributed by atoms with Crippen molar-refractivity contribution in [3.05, 3.63) is 63.6 Å². The van der Waals surface area contributed by atoms with Crippen LogP contribution in [0.25, 0.3) is 11.6 Å². The number of hydrogen-bond acceptors (Lipinski definition) is 5. The highest BCUT2D eigenvalue weighted by molar-refractivity contribution is 9.10. The molecule has 0 spiro atoms. The van der Waals surface area contributed by atoms with Gasteiger partial charge in [0.15, 0.2) is 5.78 Å². The van der Waals surface area contributed by atoms with Gasteiger partial charge in [-0.2, -0.15) is 0 Å². The summed E-state index contributed by atoms with van der Waals surface area (Å²) in [5.41, 5.74) is 2.49. The van der Waals surface area contributed by atoms with E-state index in [0.717, 1.165) is 28.6 Å². The average Bonchev–Trinajstić information content (AvgIpc) is 2.71. The lowest BCUT2D eigenvalue weighted by Gasteiger charge is -2.20. The third kappa shape index (κ3) is 4.29. The molecule has 1 aliphatic rings. The Labute approximate surface area is 172 Å². The van der Waals surface area contributed by atoms with Crippen molar-refractivity contribution in [3.8, 4) is 17.2 Å². The summed E-state index contributed by atoms with van der Waals surface area (Å²) >= 11 is 3.41. The zero-order valence-electron chi connectivity index (χ0n) is 15.8. The van der Waals surface area contributed by atoms with Crippen molar-refractivity contribution >= 4 is 33.4 Å². The summed E-state index contributed by atoms with van der Waals surface area (Å²) in [4.78, 5) is 12.9. The first-order valence-corrected chi connectivity index (χ1v) is 9.70. The minimum absolute atomic E-state index is 0.117. The molecule has 1 heterocycles. The topological polar surface area (TPSA) is 67.8 Å². The highest BCUT2D eigenvalue weighted by atomic mass is 79.9. The van der Waals surface area contributed by atoms with Gasteiger partial charge in [0, 0.05) is 17.1 Å². The van der Waals surface area contributed by atoms with Crippen LogP contribution in [-0.2, 0) is 0 Å². The lowest BCUT2D eigenvalue weighted by Crippen LogP contribution is -2.20. The normalized spacial score (nSPS) is 14.0. The van der Waals surface area contributed by atoms with Crippen LogP contribution in [0, 0.1) is 0 Å². The molecule has 0 fully saturated rings. The summed E-state index contributed by atoms with van der Waals surface area (Å²) in [6, 6.07) is 9.25. The lowest BCUT2D eigenvalue weighted by atomic mass is 9.93. The number of rotatable bonds is 6. The maximum Gasteiger partial charge on any atom is 0.193 e. The van der Waals surface area contributed by atoms with Gasteiger partial charge in [-0.25, -0.2) is 0 Å². The van der Waals surface area contributed by atoms with Crippen LogP contribution in [0.3, 0.4) is 0 Å². The molecule has 0 atom stereocenters. The number of phenolic OH excluding ortho intramolecular Hbond substituents is 1. The maximum atomic E-state index is 12.9. The van der Waals surface area contributed by atoms with Crippen molar-refractivity contribution < 1.29 is 19.4 Å². The van der Waals surface area contributed by atoms with Crippen LogP contribution in [0.1, 0.15) is 27.9 Å². The monoisotopic (exact) mass is 443 g/mol. The summed E-state index contributed by atoms with van der Waals surface area (Å²) in [5.74, 6) is 0.299. The van der Waals surface area contributed by atoms with Gasteiger partial charge in [-0.05, 0) is 42.3 Å². The van der Waals surface area contributed by atoms with E-state index in [1.54, 1.807) is 12.1 Å². The third-order valence-corrected chi connectivity index (χ3v) is 5.07. The molecular weight excluding hydrogens is 422 g/mol. The van der Waals surface area contributed by atoms with Crippen molar-refractivity contribution in [2.24, 2.45) is 0 Å². The summed E-state index contributed by atoms with van der Waals surface area (Å²) < 4.78 is 11.8. The Morgan fingerprint density at radius 2 is 2.00 bits per heavy atom. The van der Waals surface area contributed by atoms with Crippen molar-refractivity contribution in [2.75, 3.05) is 27.3 Å². The van der Waals surface area contributed by atoms with E-state index < -0.39 is 0 Å². The number of aromatic hydroxyl groups is 1. The number of halogens is 1. The van der Waals surface area contributed by atoms with Crippen LogP contribution in [0.15, 0.2) is 47.0 Å². The Morgan fingerprint density at radius 1 is 1.21 bits per heavy atom. The summed E-state index contributed by atoms with van der Waals surface area (Å²) in [7, 11) is 3.00. The fourth-order valence-electron chi connectivity index (χ4n) is 3.21. The van der Waals surface area contributed by atoms with Crippen molar-refractivity contribution in [1.29, 1.82) is 0 Å². The Hall–Kier alpha value is -2.57. The zero-order valence-corrected chi connectivity index (χ0v) is 17.4. The molecule has 0 aromatic heterocycles. The molecule has 0 amide bonds. The van der Waals surface area contributed by atoms with Crippen LogP contribution in [-0.4, -0.2) is 38.2 Å². The number of phenols is 1.